The monoisotopic (exact) mass is 215 g/mol. The van der Waals surface area contributed by atoms with E-state index >= 15 is 0 Å². The molecule has 0 aliphatic carbocycles. The van der Waals surface area contributed by atoms with Crippen LogP contribution in [0.2, 0.25) is 0 Å². The lowest BCUT2D eigenvalue weighted by atomic mass is 9.95. The lowest BCUT2D eigenvalue weighted by Crippen LogP contribution is -2.26. The van der Waals surface area contributed by atoms with Gasteiger partial charge in [0, 0.05) is 24.3 Å². The minimum Gasteiger partial charge on any atom is -0.396 e. The van der Waals surface area contributed by atoms with Gasteiger partial charge in [0.05, 0.1) is 0 Å². The fourth-order valence-corrected chi connectivity index (χ4v) is 1.00. The quantitative estimate of drug-likeness (QED) is 0.808. The third-order valence-electron chi connectivity index (χ3n) is 2.12. The van der Waals surface area contributed by atoms with Gasteiger partial charge in [0.25, 0.3) is 0 Å². The summed E-state index contributed by atoms with van der Waals surface area (Å²) in [5, 5.41) is 11.9. The Labute approximate surface area is 87.9 Å². The van der Waals surface area contributed by atoms with Crippen molar-refractivity contribution in [1.29, 1.82) is 0 Å². The van der Waals surface area contributed by atoms with Gasteiger partial charge in [-0.25, -0.2) is 8.78 Å². The molecule has 1 aromatic rings. The summed E-state index contributed by atoms with van der Waals surface area (Å²) in [6.45, 7) is 4.28. The van der Waals surface area contributed by atoms with Crippen LogP contribution in [0.1, 0.15) is 13.8 Å². The minimum absolute atomic E-state index is 0.0314. The van der Waals surface area contributed by atoms with E-state index in [-0.39, 0.29) is 12.0 Å². The van der Waals surface area contributed by atoms with E-state index in [0.29, 0.717) is 12.2 Å². The fourth-order valence-electron chi connectivity index (χ4n) is 1.00. The van der Waals surface area contributed by atoms with Crippen molar-refractivity contribution in [2.75, 3.05) is 18.5 Å². The van der Waals surface area contributed by atoms with Gasteiger partial charge in [-0.15, -0.1) is 0 Å². The highest BCUT2D eigenvalue weighted by Gasteiger charge is 2.16. The lowest BCUT2D eigenvalue weighted by molar-refractivity contribution is 0.171. The Bertz CT molecular complexity index is 339. The first kappa shape index (κ1) is 11.9. The van der Waals surface area contributed by atoms with Crippen LogP contribution in [0, 0.1) is 17.0 Å². The molecule has 15 heavy (non-hydrogen) atoms. The molecule has 0 aliphatic rings. The molecule has 0 amide bonds. The molecule has 0 spiro atoms. The summed E-state index contributed by atoms with van der Waals surface area (Å²) in [5.41, 5.74) is 0.223. The first-order valence-corrected chi connectivity index (χ1v) is 4.74. The molecule has 0 unspecified atom stereocenters. The molecular formula is C11H15F2NO. The van der Waals surface area contributed by atoms with Gasteiger partial charge < -0.3 is 10.4 Å². The zero-order valence-corrected chi connectivity index (χ0v) is 8.85. The molecule has 0 atom stereocenters. The number of nitrogens with one attached hydrogen (secondary N) is 1. The first-order valence-electron chi connectivity index (χ1n) is 4.74. The maximum Gasteiger partial charge on any atom is 0.160 e. The van der Waals surface area contributed by atoms with Crippen molar-refractivity contribution in [3.8, 4) is 0 Å². The standard InChI is InChI=1S/C11H15F2NO/c1-11(2,7-15)6-14-8-3-4-9(12)10(13)5-8/h3-5,14-15H,6-7H2,1-2H3. The number of benzene rings is 1. The van der Waals surface area contributed by atoms with E-state index in [1.165, 1.54) is 6.07 Å². The van der Waals surface area contributed by atoms with Crippen LogP contribution in [0.15, 0.2) is 18.2 Å². The van der Waals surface area contributed by atoms with Crippen molar-refractivity contribution in [3.63, 3.8) is 0 Å². The summed E-state index contributed by atoms with van der Waals surface area (Å²) in [5.74, 6) is -1.73. The molecule has 2 N–H and O–H groups in total. The van der Waals surface area contributed by atoms with Gasteiger partial charge in [-0.3, -0.25) is 0 Å². The highest BCUT2D eigenvalue weighted by Crippen LogP contribution is 2.17. The van der Waals surface area contributed by atoms with Crippen molar-refractivity contribution in [2.45, 2.75) is 13.8 Å². The van der Waals surface area contributed by atoms with Crippen molar-refractivity contribution in [3.05, 3.63) is 29.8 Å². The normalized spacial score (nSPS) is 11.5. The SMILES string of the molecule is CC(C)(CO)CNc1ccc(F)c(F)c1. The van der Waals surface area contributed by atoms with Crippen molar-refractivity contribution < 1.29 is 13.9 Å². The van der Waals surface area contributed by atoms with Gasteiger partial charge in [0.1, 0.15) is 0 Å². The van der Waals surface area contributed by atoms with Crippen LogP contribution >= 0.6 is 0 Å². The first-order chi connectivity index (χ1) is 6.94. The second-order valence-corrected chi connectivity index (χ2v) is 4.30. The molecule has 0 radical (unpaired) electrons. The minimum atomic E-state index is -0.873. The second-order valence-electron chi connectivity index (χ2n) is 4.30. The van der Waals surface area contributed by atoms with Gasteiger partial charge in [0.15, 0.2) is 11.6 Å². The molecular weight excluding hydrogens is 200 g/mol. The number of anilines is 1. The third-order valence-corrected chi connectivity index (χ3v) is 2.12. The van der Waals surface area contributed by atoms with Crippen molar-refractivity contribution >= 4 is 5.69 Å². The molecule has 0 saturated heterocycles. The molecule has 0 aromatic heterocycles. The van der Waals surface area contributed by atoms with Gasteiger partial charge in [-0.05, 0) is 18.2 Å². The Hall–Kier alpha value is -1.16. The molecule has 4 heteroatoms. The van der Waals surface area contributed by atoms with E-state index in [1.807, 2.05) is 13.8 Å². The van der Waals surface area contributed by atoms with Crippen LogP contribution < -0.4 is 5.32 Å². The molecule has 0 fully saturated rings. The molecule has 0 bridgehead atoms. The average molecular weight is 215 g/mol. The highest BCUT2D eigenvalue weighted by atomic mass is 19.2. The summed E-state index contributed by atoms with van der Waals surface area (Å²) >= 11 is 0. The number of halogens is 2. The molecule has 2 nitrogen and oxygen atoms in total. The predicted molar refractivity (Wildman–Crippen MR) is 55.7 cm³/mol. The zero-order chi connectivity index (χ0) is 11.5. The van der Waals surface area contributed by atoms with Crippen LogP contribution in [-0.4, -0.2) is 18.3 Å². The van der Waals surface area contributed by atoms with Gasteiger partial charge in [-0.1, -0.05) is 13.8 Å². The number of aliphatic hydroxyl groups excluding tert-OH is 1. The number of rotatable bonds is 4. The predicted octanol–water partition coefficient (Wildman–Crippen LogP) is 2.40. The van der Waals surface area contributed by atoms with Gasteiger partial charge in [-0.2, -0.15) is 0 Å². The van der Waals surface area contributed by atoms with Crippen LogP contribution in [0.25, 0.3) is 0 Å². The smallest absolute Gasteiger partial charge is 0.160 e. The largest absolute Gasteiger partial charge is 0.396 e. The third kappa shape index (κ3) is 3.47. The lowest BCUT2D eigenvalue weighted by Gasteiger charge is -2.22. The van der Waals surface area contributed by atoms with Gasteiger partial charge >= 0.3 is 0 Å². The molecule has 1 rings (SSSR count). The maximum absolute atomic E-state index is 12.8. The Morgan fingerprint density at radius 1 is 1.27 bits per heavy atom. The molecule has 0 heterocycles. The summed E-state index contributed by atoms with van der Waals surface area (Å²) in [7, 11) is 0. The topological polar surface area (TPSA) is 32.3 Å². The average Bonchev–Trinajstić information content (AvgIpc) is 2.20. The van der Waals surface area contributed by atoms with Crippen LogP contribution in [0.5, 0.6) is 0 Å². The van der Waals surface area contributed by atoms with Gasteiger partial charge in [0.2, 0.25) is 0 Å². The molecule has 1 aromatic carbocycles. The summed E-state index contributed by atoms with van der Waals surface area (Å²) in [6, 6.07) is 3.64. The van der Waals surface area contributed by atoms with Crippen LogP contribution in [0.3, 0.4) is 0 Å². The summed E-state index contributed by atoms with van der Waals surface area (Å²) in [4.78, 5) is 0. The zero-order valence-electron chi connectivity index (χ0n) is 8.85. The Morgan fingerprint density at radius 2 is 1.93 bits per heavy atom. The fraction of sp³-hybridized carbons (Fsp3) is 0.455. The van der Waals surface area contributed by atoms with E-state index in [9.17, 15) is 8.78 Å². The van der Waals surface area contributed by atoms with E-state index in [1.54, 1.807) is 0 Å². The van der Waals surface area contributed by atoms with Crippen molar-refractivity contribution in [1.82, 2.24) is 0 Å². The van der Waals surface area contributed by atoms with Crippen LogP contribution in [-0.2, 0) is 0 Å². The number of aliphatic hydroxyl groups is 1. The Morgan fingerprint density at radius 3 is 2.47 bits per heavy atom. The second kappa shape index (κ2) is 4.57. The number of hydrogen-bond donors (Lipinski definition) is 2. The Balaban J connectivity index is 2.62. The maximum atomic E-state index is 12.8. The summed E-state index contributed by atoms with van der Waals surface area (Å²) < 4.78 is 25.4. The molecule has 84 valence electrons. The molecule has 0 saturated carbocycles. The van der Waals surface area contributed by atoms with E-state index in [4.69, 9.17) is 5.11 Å². The Kier molecular flexibility index (Phi) is 3.63. The van der Waals surface area contributed by atoms with Crippen molar-refractivity contribution in [2.24, 2.45) is 5.41 Å². The van der Waals surface area contributed by atoms with E-state index in [2.05, 4.69) is 5.32 Å². The summed E-state index contributed by atoms with van der Waals surface area (Å²) in [6.07, 6.45) is 0. The number of hydrogen-bond acceptors (Lipinski definition) is 2. The van der Waals surface area contributed by atoms with E-state index < -0.39 is 11.6 Å². The van der Waals surface area contributed by atoms with E-state index in [0.717, 1.165) is 12.1 Å². The highest BCUT2D eigenvalue weighted by molar-refractivity contribution is 5.43. The molecule has 0 aliphatic heterocycles. The van der Waals surface area contributed by atoms with Crippen LogP contribution in [0.4, 0.5) is 14.5 Å².